The molecule has 0 radical (unpaired) electrons. The number of halogens is 1. The number of aliphatic hydroxyl groups excluding tert-OH is 1. The number of likely N-dealkylation sites (tertiary alicyclic amines) is 1. The number of aliphatic carboxylic acids is 1. The van der Waals surface area contributed by atoms with Crippen LogP contribution >= 0.6 is 11.6 Å². The number of carbonyl (C=O) groups excluding carboxylic acids is 2. The van der Waals surface area contributed by atoms with E-state index in [4.69, 9.17) is 21.4 Å². The summed E-state index contributed by atoms with van der Waals surface area (Å²) in [5, 5.41) is 19.8. The lowest BCUT2D eigenvalue weighted by Crippen LogP contribution is -2.56. The van der Waals surface area contributed by atoms with Crippen molar-refractivity contribution in [3.05, 3.63) is 41.9 Å². The maximum Gasteiger partial charge on any atom is 0.310 e. The third kappa shape index (κ3) is 3.96. The zero-order valence-electron chi connectivity index (χ0n) is 20.2. The molecule has 1 aromatic carbocycles. The standard InChI is InChI=1S/C26H33ClN2O6/c1-4-12-28(18-10-8-17(27)9-11-18)23(32)21-26-15-16(2)25(3,35-26)20(24(33)34)19(26)22(31)29(21)13-6-5-7-14-30/h4,8-11,16,19-21,30H,1,5-7,12-15H2,2-3H3,(H,33,34)/t16?,19-,20-,21?,25+,26?/m0/s1. The molecular formula is C26H33ClN2O6. The number of rotatable bonds is 10. The molecule has 4 rings (SSSR count). The Morgan fingerprint density at radius 2 is 1.97 bits per heavy atom. The van der Waals surface area contributed by atoms with Crippen molar-refractivity contribution in [3.63, 3.8) is 0 Å². The lowest BCUT2D eigenvalue weighted by atomic mass is 9.62. The average molecular weight is 505 g/mol. The second-order valence-electron chi connectivity index (χ2n) is 10.1. The predicted octanol–water partition coefficient (Wildman–Crippen LogP) is 3.12. The first-order chi connectivity index (χ1) is 16.6. The second kappa shape index (κ2) is 9.56. The summed E-state index contributed by atoms with van der Waals surface area (Å²) in [4.78, 5) is 43.5. The van der Waals surface area contributed by atoms with E-state index in [9.17, 15) is 19.5 Å². The Bertz CT molecular complexity index is 1020. The molecule has 3 fully saturated rings. The monoisotopic (exact) mass is 504 g/mol. The first-order valence-corrected chi connectivity index (χ1v) is 12.5. The molecule has 2 N–H and O–H groups in total. The van der Waals surface area contributed by atoms with Gasteiger partial charge >= 0.3 is 5.97 Å². The molecule has 0 aromatic heterocycles. The quantitative estimate of drug-likeness (QED) is 0.374. The number of amides is 2. The minimum Gasteiger partial charge on any atom is -0.481 e. The first kappa shape index (κ1) is 25.7. The summed E-state index contributed by atoms with van der Waals surface area (Å²) in [6.45, 7) is 8.02. The van der Waals surface area contributed by atoms with Gasteiger partial charge in [-0.15, -0.1) is 6.58 Å². The number of hydrogen-bond donors (Lipinski definition) is 2. The summed E-state index contributed by atoms with van der Waals surface area (Å²) < 4.78 is 6.52. The molecule has 35 heavy (non-hydrogen) atoms. The number of anilines is 1. The van der Waals surface area contributed by atoms with Gasteiger partial charge in [0, 0.05) is 30.4 Å². The zero-order valence-corrected chi connectivity index (χ0v) is 20.9. The number of aliphatic hydroxyl groups is 1. The van der Waals surface area contributed by atoms with Gasteiger partial charge in [-0.05, 0) is 62.8 Å². The summed E-state index contributed by atoms with van der Waals surface area (Å²) in [5.41, 5.74) is -1.64. The highest BCUT2D eigenvalue weighted by Crippen LogP contribution is 2.65. The number of carboxylic acids is 1. The molecule has 3 saturated heterocycles. The van der Waals surface area contributed by atoms with Gasteiger partial charge in [0.25, 0.3) is 5.91 Å². The molecule has 0 saturated carbocycles. The van der Waals surface area contributed by atoms with E-state index in [0.717, 1.165) is 0 Å². The van der Waals surface area contributed by atoms with E-state index in [1.807, 2.05) is 6.92 Å². The Balaban J connectivity index is 1.78. The second-order valence-corrected chi connectivity index (χ2v) is 10.5. The van der Waals surface area contributed by atoms with Crippen LogP contribution in [0.15, 0.2) is 36.9 Å². The predicted molar refractivity (Wildman–Crippen MR) is 131 cm³/mol. The van der Waals surface area contributed by atoms with Crippen LogP contribution in [-0.4, -0.2) is 69.8 Å². The van der Waals surface area contributed by atoms with Gasteiger partial charge in [-0.25, -0.2) is 0 Å². The van der Waals surface area contributed by atoms with Crippen molar-refractivity contribution in [3.8, 4) is 0 Å². The Kier molecular flexibility index (Phi) is 7.01. The van der Waals surface area contributed by atoms with Crippen molar-refractivity contribution in [2.24, 2.45) is 17.8 Å². The summed E-state index contributed by atoms with van der Waals surface area (Å²) in [5.74, 6) is -3.84. The number of fused-ring (bicyclic) bond motifs is 1. The van der Waals surface area contributed by atoms with Crippen LogP contribution in [0.25, 0.3) is 0 Å². The van der Waals surface area contributed by atoms with Gasteiger partial charge in [-0.3, -0.25) is 14.4 Å². The fourth-order valence-electron chi connectivity index (χ4n) is 6.43. The van der Waals surface area contributed by atoms with Crippen LogP contribution in [0.2, 0.25) is 5.02 Å². The smallest absolute Gasteiger partial charge is 0.310 e. The summed E-state index contributed by atoms with van der Waals surface area (Å²) in [7, 11) is 0. The first-order valence-electron chi connectivity index (χ1n) is 12.1. The minimum atomic E-state index is -1.21. The minimum absolute atomic E-state index is 0.0482. The van der Waals surface area contributed by atoms with Crippen LogP contribution in [-0.2, 0) is 19.1 Å². The van der Waals surface area contributed by atoms with Crippen LogP contribution in [0.4, 0.5) is 5.69 Å². The van der Waals surface area contributed by atoms with Crippen LogP contribution in [0.1, 0.15) is 39.5 Å². The van der Waals surface area contributed by atoms with Gasteiger partial charge in [-0.2, -0.15) is 0 Å². The molecular weight excluding hydrogens is 472 g/mol. The number of nitrogens with zero attached hydrogens (tertiary/aromatic N) is 2. The molecule has 3 heterocycles. The normalized spacial score (nSPS) is 33.1. The Labute approximate surface area is 210 Å². The van der Waals surface area contributed by atoms with Gasteiger partial charge < -0.3 is 24.7 Å². The lowest BCUT2D eigenvalue weighted by molar-refractivity contribution is -0.156. The van der Waals surface area contributed by atoms with Crippen molar-refractivity contribution in [2.45, 2.75) is 56.8 Å². The zero-order chi connectivity index (χ0) is 25.5. The molecule has 2 amide bonds. The Hall–Kier alpha value is -2.42. The molecule has 8 nitrogen and oxygen atoms in total. The fraction of sp³-hybridized carbons (Fsp3) is 0.577. The summed E-state index contributed by atoms with van der Waals surface area (Å²) >= 11 is 6.06. The third-order valence-electron chi connectivity index (χ3n) is 8.09. The largest absolute Gasteiger partial charge is 0.481 e. The van der Waals surface area contributed by atoms with Gasteiger partial charge in [0.15, 0.2) is 0 Å². The SMILES string of the molecule is C=CCN(C(=O)C1N(CCCCCO)C(=O)[C@@H]2[C@@H](C(=O)O)[C@]3(C)OC12CC3C)c1ccc(Cl)cc1. The third-order valence-corrected chi connectivity index (χ3v) is 8.34. The van der Waals surface area contributed by atoms with Crippen LogP contribution in [0, 0.1) is 17.8 Å². The lowest BCUT2D eigenvalue weighted by Gasteiger charge is -2.37. The number of carboxylic acid groups (broad SMARTS) is 1. The molecule has 3 unspecified atom stereocenters. The van der Waals surface area contributed by atoms with E-state index < -0.39 is 35.0 Å². The topological polar surface area (TPSA) is 107 Å². The molecule has 3 aliphatic rings. The van der Waals surface area contributed by atoms with Crippen LogP contribution < -0.4 is 4.90 Å². The number of unbranched alkanes of at least 4 members (excludes halogenated alkanes) is 2. The molecule has 2 bridgehead atoms. The van der Waals surface area contributed by atoms with Gasteiger partial charge in [0.05, 0.1) is 11.5 Å². The van der Waals surface area contributed by atoms with E-state index in [-0.39, 0.29) is 37.4 Å². The Morgan fingerprint density at radius 1 is 1.29 bits per heavy atom. The van der Waals surface area contributed by atoms with Crippen LogP contribution in [0.3, 0.4) is 0 Å². The van der Waals surface area contributed by atoms with Gasteiger partial charge in [0.2, 0.25) is 5.91 Å². The van der Waals surface area contributed by atoms with Gasteiger partial charge in [-0.1, -0.05) is 24.6 Å². The van der Waals surface area contributed by atoms with Crippen molar-refractivity contribution in [1.29, 1.82) is 0 Å². The highest BCUT2D eigenvalue weighted by atomic mass is 35.5. The van der Waals surface area contributed by atoms with E-state index in [1.165, 1.54) is 4.90 Å². The van der Waals surface area contributed by atoms with Crippen molar-refractivity contribution < 1.29 is 29.3 Å². The van der Waals surface area contributed by atoms with Crippen molar-refractivity contribution in [1.82, 2.24) is 4.90 Å². The van der Waals surface area contributed by atoms with E-state index in [2.05, 4.69) is 6.58 Å². The highest BCUT2D eigenvalue weighted by molar-refractivity contribution is 6.30. The van der Waals surface area contributed by atoms with Gasteiger partial charge in [0.1, 0.15) is 17.6 Å². The van der Waals surface area contributed by atoms with Crippen molar-refractivity contribution >= 4 is 35.1 Å². The molecule has 190 valence electrons. The summed E-state index contributed by atoms with van der Waals surface area (Å²) in [6, 6.07) is 5.89. The maximum absolute atomic E-state index is 14.3. The van der Waals surface area contributed by atoms with E-state index >= 15 is 0 Å². The molecule has 9 heteroatoms. The van der Waals surface area contributed by atoms with Crippen LogP contribution in [0.5, 0.6) is 0 Å². The highest BCUT2D eigenvalue weighted by Gasteiger charge is 2.80. The number of hydrogen-bond acceptors (Lipinski definition) is 5. The van der Waals surface area contributed by atoms with Crippen molar-refractivity contribution in [2.75, 3.05) is 24.6 Å². The maximum atomic E-state index is 14.3. The number of carbonyl (C=O) groups is 3. The summed E-state index contributed by atoms with van der Waals surface area (Å²) in [6.07, 6.45) is 3.90. The number of ether oxygens (including phenoxy) is 1. The number of benzene rings is 1. The molecule has 1 spiro atoms. The van der Waals surface area contributed by atoms with E-state index in [0.29, 0.717) is 36.4 Å². The molecule has 3 aliphatic heterocycles. The average Bonchev–Trinajstić information content (AvgIpc) is 3.32. The Morgan fingerprint density at radius 3 is 2.57 bits per heavy atom. The molecule has 6 atom stereocenters. The van der Waals surface area contributed by atoms with E-state index in [1.54, 1.807) is 42.2 Å². The molecule has 0 aliphatic carbocycles. The fourth-order valence-corrected chi connectivity index (χ4v) is 6.55. The molecule has 1 aromatic rings.